The van der Waals surface area contributed by atoms with E-state index in [1.807, 2.05) is 60.7 Å². The third-order valence-corrected chi connectivity index (χ3v) is 2.85. The van der Waals surface area contributed by atoms with Gasteiger partial charge in [0.25, 0.3) is 0 Å². The molecule has 0 bridgehead atoms. The van der Waals surface area contributed by atoms with Crippen LogP contribution in [0.3, 0.4) is 0 Å². The van der Waals surface area contributed by atoms with Gasteiger partial charge in [-0.2, -0.15) is 0 Å². The summed E-state index contributed by atoms with van der Waals surface area (Å²) in [5, 5.41) is 0. The second kappa shape index (κ2) is 7.24. The summed E-state index contributed by atoms with van der Waals surface area (Å²) in [6.45, 7) is 2.45. The standard InChI is InChI=1S/C17H17NO2/c1-14(18-12-15-8-4-2-5-9-15)17(19)20-13-16-10-6-3-7-11-16/h2-11H,12-13H2,1H3. The maximum atomic E-state index is 11.8. The van der Waals surface area contributed by atoms with Crippen molar-refractivity contribution in [3.05, 3.63) is 71.8 Å². The van der Waals surface area contributed by atoms with Crippen molar-refractivity contribution in [1.82, 2.24) is 0 Å². The number of nitrogens with zero attached hydrogens (tertiary/aromatic N) is 1. The number of rotatable bonds is 5. The maximum absolute atomic E-state index is 11.8. The molecule has 0 amide bonds. The van der Waals surface area contributed by atoms with Crippen molar-refractivity contribution in [2.75, 3.05) is 0 Å². The Morgan fingerprint density at radius 2 is 1.50 bits per heavy atom. The molecular weight excluding hydrogens is 250 g/mol. The third-order valence-electron chi connectivity index (χ3n) is 2.85. The average Bonchev–Trinajstić information content (AvgIpc) is 2.52. The fraction of sp³-hybridized carbons (Fsp3) is 0.176. The molecule has 0 spiro atoms. The van der Waals surface area contributed by atoms with Crippen molar-refractivity contribution in [2.24, 2.45) is 4.99 Å². The molecule has 0 saturated carbocycles. The normalized spacial score (nSPS) is 11.2. The lowest BCUT2D eigenvalue weighted by Gasteiger charge is -2.04. The van der Waals surface area contributed by atoms with E-state index in [0.717, 1.165) is 11.1 Å². The van der Waals surface area contributed by atoms with Crippen LogP contribution >= 0.6 is 0 Å². The molecule has 102 valence electrons. The highest BCUT2D eigenvalue weighted by atomic mass is 16.5. The lowest BCUT2D eigenvalue weighted by molar-refractivity contribution is -0.136. The van der Waals surface area contributed by atoms with Crippen LogP contribution in [0.5, 0.6) is 0 Å². The molecule has 20 heavy (non-hydrogen) atoms. The number of carbonyl (C=O) groups excluding carboxylic acids is 1. The van der Waals surface area contributed by atoms with Gasteiger partial charge in [0.15, 0.2) is 0 Å². The summed E-state index contributed by atoms with van der Waals surface area (Å²) >= 11 is 0. The first-order chi connectivity index (χ1) is 9.75. The molecule has 0 aromatic heterocycles. The van der Waals surface area contributed by atoms with Gasteiger partial charge in [-0.05, 0) is 18.1 Å². The summed E-state index contributed by atoms with van der Waals surface area (Å²) in [5.41, 5.74) is 2.43. The number of benzene rings is 2. The summed E-state index contributed by atoms with van der Waals surface area (Å²) in [7, 11) is 0. The summed E-state index contributed by atoms with van der Waals surface area (Å²) in [5.74, 6) is -0.371. The third kappa shape index (κ3) is 4.35. The summed E-state index contributed by atoms with van der Waals surface area (Å²) < 4.78 is 5.21. The highest BCUT2D eigenvalue weighted by Gasteiger charge is 2.07. The minimum absolute atomic E-state index is 0.276. The van der Waals surface area contributed by atoms with Gasteiger partial charge in [-0.3, -0.25) is 4.99 Å². The zero-order valence-electron chi connectivity index (χ0n) is 11.5. The van der Waals surface area contributed by atoms with Crippen LogP contribution in [0.2, 0.25) is 0 Å². The molecule has 0 aliphatic rings. The summed E-state index contributed by atoms with van der Waals surface area (Å²) in [6, 6.07) is 19.4. The molecular formula is C17H17NO2. The lowest BCUT2D eigenvalue weighted by atomic mass is 10.2. The van der Waals surface area contributed by atoms with Crippen molar-refractivity contribution < 1.29 is 9.53 Å². The van der Waals surface area contributed by atoms with E-state index in [-0.39, 0.29) is 12.6 Å². The second-order valence-corrected chi connectivity index (χ2v) is 4.45. The zero-order chi connectivity index (χ0) is 14.2. The largest absolute Gasteiger partial charge is 0.456 e. The Morgan fingerprint density at radius 1 is 0.950 bits per heavy atom. The molecule has 3 nitrogen and oxygen atoms in total. The first-order valence-corrected chi connectivity index (χ1v) is 6.52. The van der Waals surface area contributed by atoms with Gasteiger partial charge in [-0.1, -0.05) is 60.7 Å². The average molecular weight is 267 g/mol. The molecule has 2 aromatic carbocycles. The Balaban J connectivity index is 1.85. The predicted octanol–water partition coefficient (Wildman–Crippen LogP) is 3.39. The molecule has 0 aliphatic carbocycles. The van der Waals surface area contributed by atoms with E-state index in [9.17, 15) is 4.79 Å². The van der Waals surface area contributed by atoms with Gasteiger partial charge < -0.3 is 4.74 Å². The van der Waals surface area contributed by atoms with Gasteiger partial charge in [-0.15, -0.1) is 0 Å². The van der Waals surface area contributed by atoms with E-state index < -0.39 is 0 Å². The Morgan fingerprint density at radius 3 is 2.10 bits per heavy atom. The van der Waals surface area contributed by atoms with Crippen LogP contribution in [0.15, 0.2) is 65.7 Å². The highest BCUT2D eigenvalue weighted by Crippen LogP contribution is 2.03. The van der Waals surface area contributed by atoms with Crippen LogP contribution in [0, 0.1) is 0 Å². The topological polar surface area (TPSA) is 38.7 Å². The van der Waals surface area contributed by atoms with E-state index in [1.165, 1.54) is 0 Å². The molecule has 3 heteroatoms. The minimum atomic E-state index is -0.371. The fourth-order valence-electron chi connectivity index (χ4n) is 1.69. The van der Waals surface area contributed by atoms with Gasteiger partial charge in [0.05, 0.1) is 6.54 Å². The van der Waals surface area contributed by atoms with Crippen LogP contribution in [-0.4, -0.2) is 11.7 Å². The molecule has 2 aromatic rings. The number of hydrogen-bond acceptors (Lipinski definition) is 3. The molecule has 0 saturated heterocycles. The highest BCUT2D eigenvalue weighted by molar-refractivity contribution is 6.35. The smallest absolute Gasteiger partial charge is 0.352 e. The molecule has 2 rings (SSSR count). The molecule has 0 radical (unpaired) electrons. The lowest BCUT2D eigenvalue weighted by Crippen LogP contribution is -2.14. The Bertz CT molecular complexity index is 576. The maximum Gasteiger partial charge on any atom is 0.352 e. The molecule has 0 N–H and O–H groups in total. The molecule has 0 atom stereocenters. The second-order valence-electron chi connectivity index (χ2n) is 4.45. The number of hydrogen-bond donors (Lipinski definition) is 0. The number of aliphatic imine (C=N–C) groups is 1. The van der Waals surface area contributed by atoms with E-state index in [1.54, 1.807) is 6.92 Å². The zero-order valence-corrected chi connectivity index (χ0v) is 11.5. The van der Waals surface area contributed by atoms with Gasteiger partial charge in [-0.25, -0.2) is 4.79 Å². The van der Waals surface area contributed by atoms with Crippen LogP contribution < -0.4 is 0 Å². The first-order valence-electron chi connectivity index (χ1n) is 6.52. The SMILES string of the molecule is CC(=NCc1ccccc1)C(=O)OCc1ccccc1. The van der Waals surface area contributed by atoms with Gasteiger partial charge in [0, 0.05) is 0 Å². The van der Waals surface area contributed by atoms with Gasteiger partial charge in [0.1, 0.15) is 12.3 Å². The summed E-state index contributed by atoms with van der Waals surface area (Å²) in [4.78, 5) is 16.0. The molecule has 0 unspecified atom stereocenters. The summed E-state index contributed by atoms with van der Waals surface area (Å²) in [6.07, 6.45) is 0. The van der Waals surface area contributed by atoms with Crippen LogP contribution in [0.4, 0.5) is 0 Å². The van der Waals surface area contributed by atoms with Gasteiger partial charge in [0.2, 0.25) is 0 Å². The Labute approximate surface area is 118 Å². The van der Waals surface area contributed by atoms with Crippen LogP contribution in [-0.2, 0) is 22.7 Å². The minimum Gasteiger partial charge on any atom is -0.456 e. The van der Waals surface area contributed by atoms with E-state index >= 15 is 0 Å². The van der Waals surface area contributed by atoms with E-state index in [0.29, 0.717) is 12.3 Å². The monoisotopic (exact) mass is 267 g/mol. The van der Waals surface area contributed by atoms with Crippen LogP contribution in [0.1, 0.15) is 18.1 Å². The molecule has 0 fully saturated rings. The quantitative estimate of drug-likeness (QED) is 0.615. The van der Waals surface area contributed by atoms with Crippen molar-refractivity contribution in [1.29, 1.82) is 0 Å². The number of esters is 1. The predicted molar refractivity (Wildman–Crippen MR) is 79.5 cm³/mol. The first kappa shape index (κ1) is 14.0. The van der Waals surface area contributed by atoms with Crippen molar-refractivity contribution in [2.45, 2.75) is 20.1 Å². The van der Waals surface area contributed by atoms with Crippen molar-refractivity contribution >= 4 is 11.7 Å². The Hall–Kier alpha value is -2.42. The number of ether oxygens (including phenoxy) is 1. The van der Waals surface area contributed by atoms with Gasteiger partial charge >= 0.3 is 5.97 Å². The van der Waals surface area contributed by atoms with Crippen molar-refractivity contribution in [3.63, 3.8) is 0 Å². The molecule has 0 aliphatic heterocycles. The van der Waals surface area contributed by atoms with E-state index in [4.69, 9.17) is 4.74 Å². The number of carbonyl (C=O) groups is 1. The van der Waals surface area contributed by atoms with E-state index in [2.05, 4.69) is 4.99 Å². The molecule has 0 heterocycles. The van der Waals surface area contributed by atoms with Crippen molar-refractivity contribution in [3.8, 4) is 0 Å². The Kier molecular flexibility index (Phi) is 5.07. The fourth-order valence-corrected chi connectivity index (χ4v) is 1.69. The van der Waals surface area contributed by atoms with Crippen LogP contribution in [0.25, 0.3) is 0 Å².